The van der Waals surface area contributed by atoms with E-state index in [1.807, 2.05) is 6.20 Å². The molecule has 2 N–H and O–H groups in total. The minimum absolute atomic E-state index is 0.971. The van der Waals surface area contributed by atoms with Gasteiger partial charge >= 0.3 is 0 Å². The topological polar surface area (TPSA) is 53.6 Å². The first-order valence-electron chi connectivity index (χ1n) is 7.53. The Balaban J connectivity index is 1.50. The molecule has 0 atom stereocenters. The van der Waals surface area contributed by atoms with Crippen LogP contribution in [-0.2, 0) is 19.3 Å². The van der Waals surface area contributed by atoms with Crippen LogP contribution < -0.4 is 5.32 Å². The van der Waals surface area contributed by atoms with E-state index in [9.17, 15) is 0 Å². The molecule has 1 aliphatic heterocycles. The van der Waals surface area contributed by atoms with Crippen LogP contribution in [-0.4, -0.2) is 21.7 Å². The number of aromatic nitrogens is 3. The van der Waals surface area contributed by atoms with Crippen LogP contribution in [0.15, 0.2) is 36.5 Å². The van der Waals surface area contributed by atoms with E-state index in [-0.39, 0.29) is 0 Å². The zero-order valence-electron chi connectivity index (χ0n) is 11.9. The minimum atomic E-state index is 0.971. The molecule has 1 aromatic carbocycles. The van der Waals surface area contributed by atoms with E-state index in [4.69, 9.17) is 4.98 Å². The van der Waals surface area contributed by atoms with Gasteiger partial charge in [-0.1, -0.05) is 12.1 Å². The lowest BCUT2D eigenvalue weighted by atomic mass is 10.0. The first-order chi connectivity index (χ1) is 10.4. The van der Waals surface area contributed by atoms with Gasteiger partial charge in [-0.3, -0.25) is 5.10 Å². The molecule has 0 saturated carbocycles. The number of hydrogen-bond donors (Lipinski definition) is 2. The van der Waals surface area contributed by atoms with Gasteiger partial charge in [0.25, 0.3) is 0 Å². The normalized spacial score (nSPS) is 13.9. The number of nitrogens with one attached hydrogen (secondary N) is 2. The fourth-order valence-corrected chi connectivity index (χ4v) is 2.93. The predicted molar refractivity (Wildman–Crippen MR) is 84.5 cm³/mol. The van der Waals surface area contributed by atoms with Gasteiger partial charge in [0.15, 0.2) is 0 Å². The van der Waals surface area contributed by atoms with E-state index < -0.39 is 0 Å². The number of nitrogens with zero attached hydrogens (tertiary/aromatic N) is 2. The molecule has 3 aromatic rings. The molecule has 2 aromatic heterocycles. The largest absolute Gasteiger partial charge is 0.370 e. The molecule has 0 unspecified atom stereocenters. The van der Waals surface area contributed by atoms with Crippen molar-refractivity contribution in [2.24, 2.45) is 0 Å². The zero-order chi connectivity index (χ0) is 14.1. The highest BCUT2D eigenvalue weighted by molar-refractivity contribution is 5.78. The van der Waals surface area contributed by atoms with Gasteiger partial charge in [-0.15, -0.1) is 0 Å². The highest BCUT2D eigenvalue weighted by Gasteiger charge is 2.10. The molecule has 3 heterocycles. The summed E-state index contributed by atoms with van der Waals surface area (Å²) in [5, 5.41) is 11.6. The van der Waals surface area contributed by atoms with Gasteiger partial charge in [0.1, 0.15) is 5.82 Å². The molecule has 1 aliphatic rings. The summed E-state index contributed by atoms with van der Waals surface area (Å²) in [6, 6.07) is 10.9. The Bertz CT molecular complexity index is 775. The molecule has 0 radical (unpaired) electrons. The third-order valence-corrected chi connectivity index (χ3v) is 4.13. The molecule has 0 bridgehead atoms. The summed E-state index contributed by atoms with van der Waals surface area (Å²) in [6.45, 7) is 1.04. The van der Waals surface area contributed by atoms with Gasteiger partial charge in [0.2, 0.25) is 0 Å². The lowest BCUT2D eigenvalue weighted by Gasteiger charge is -2.17. The molecule has 21 heavy (non-hydrogen) atoms. The van der Waals surface area contributed by atoms with Gasteiger partial charge in [0, 0.05) is 17.6 Å². The number of H-pyrrole nitrogens is 1. The molecule has 0 spiro atoms. The van der Waals surface area contributed by atoms with Crippen molar-refractivity contribution in [2.45, 2.75) is 25.7 Å². The first kappa shape index (κ1) is 12.4. The van der Waals surface area contributed by atoms with Gasteiger partial charge < -0.3 is 5.32 Å². The Morgan fingerprint density at radius 1 is 1.10 bits per heavy atom. The van der Waals surface area contributed by atoms with E-state index in [2.05, 4.69) is 45.8 Å². The number of rotatable bonds is 3. The molecule has 0 aliphatic carbocycles. The molecular weight excluding hydrogens is 260 g/mol. The fraction of sp³-hybridized carbons (Fsp3) is 0.294. The van der Waals surface area contributed by atoms with Crippen LogP contribution in [0.25, 0.3) is 10.9 Å². The maximum absolute atomic E-state index is 4.75. The second-order valence-corrected chi connectivity index (χ2v) is 5.63. The number of fused-ring (bicyclic) bond motifs is 2. The van der Waals surface area contributed by atoms with Crippen LogP contribution in [0.4, 0.5) is 5.82 Å². The number of hydrogen-bond acceptors (Lipinski definition) is 3. The average molecular weight is 278 g/mol. The smallest absolute Gasteiger partial charge is 0.129 e. The number of pyridine rings is 1. The average Bonchev–Trinajstić information content (AvgIpc) is 3.00. The summed E-state index contributed by atoms with van der Waals surface area (Å²) in [6.07, 6.45) is 6.20. The zero-order valence-corrected chi connectivity index (χ0v) is 11.9. The predicted octanol–water partition coefficient (Wildman–Crippen LogP) is 3.10. The Kier molecular flexibility index (Phi) is 3.07. The number of benzene rings is 1. The second kappa shape index (κ2) is 5.20. The van der Waals surface area contributed by atoms with Gasteiger partial charge in [-0.05, 0) is 55.0 Å². The SMILES string of the molecule is c1cc2[nH]ncc2cc1CCc1ccc2c(n1)NCCC2. The summed E-state index contributed by atoms with van der Waals surface area (Å²) < 4.78 is 0. The first-order valence-corrected chi connectivity index (χ1v) is 7.53. The molecule has 4 rings (SSSR count). The van der Waals surface area contributed by atoms with Crippen molar-refractivity contribution < 1.29 is 0 Å². The van der Waals surface area contributed by atoms with E-state index >= 15 is 0 Å². The number of aryl methyl sites for hydroxylation is 3. The molecule has 0 saturated heterocycles. The quantitative estimate of drug-likeness (QED) is 0.774. The summed E-state index contributed by atoms with van der Waals surface area (Å²) in [5.74, 6) is 1.09. The van der Waals surface area contributed by atoms with Crippen molar-refractivity contribution in [2.75, 3.05) is 11.9 Å². The number of aromatic amines is 1. The Morgan fingerprint density at radius 3 is 3.10 bits per heavy atom. The van der Waals surface area contributed by atoms with Crippen molar-refractivity contribution >= 4 is 16.7 Å². The van der Waals surface area contributed by atoms with Crippen LogP contribution in [0.3, 0.4) is 0 Å². The van der Waals surface area contributed by atoms with E-state index in [0.717, 1.165) is 42.8 Å². The summed E-state index contributed by atoms with van der Waals surface area (Å²) in [4.78, 5) is 4.75. The maximum atomic E-state index is 4.75. The lowest BCUT2D eigenvalue weighted by Crippen LogP contribution is -2.14. The lowest BCUT2D eigenvalue weighted by molar-refractivity contribution is 0.806. The summed E-state index contributed by atoms with van der Waals surface area (Å²) >= 11 is 0. The third kappa shape index (κ3) is 2.49. The van der Waals surface area contributed by atoms with Crippen molar-refractivity contribution in [3.63, 3.8) is 0 Å². The van der Waals surface area contributed by atoms with Crippen molar-refractivity contribution in [1.82, 2.24) is 15.2 Å². The van der Waals surface area contributed by atoms with Crippen LogP contribution in [0.5, 0.6) is 0 Å². The third-order valence-electron chi connectivity index (χ3n) is 4.13. The molecule has 4 heteroatoms. The molecular formula is C17H18N4. The Hall–Kier alpha value is -2.36. The molecule has 4 nitrogen and oxygen atoms in total. The minimum Gasteiger partial charge on any atom is -0.370 e. The van der Waals surface area contributed by atoms with Crippen molar-refractivity contribution in [3.8, 4) is 0 Å². The van der Waals surface area contributed by atoms with E-state index in [1.54, 1.807) is 0 Å². The standard InChI is InChI=1S/C17H18N4/c1-2-13-5-7-15(20-17(13)18-9-1)6-3-12-4-8-16-14(10-12)11-19-21-16/h4-5,7-8,10-11H,1-3,6,9H2,(H,18,20)(H,19,21). The fourth-order valence-electron chi connectivity index (χ4n) is 2.93. The maximum Gasteiger partial charge on any atom is 0.129 e. The van der Waals surface area contributed by atoms with Crippen LogP contribution in [0.2, 0.25) is 0 Å². The van der Waals surface area contributed by atoms with Crippen LogP contribution >= 0.6 is 0 Å². The monoisotopic (exact) mass is 278 g/mol. The highest BCUT2D eigenvalue weighted by atomic mass is 15.1. The van der Waals surface area contributed by atoms with Crippen molar-refractivity contribution in [1.29, 1.82) is 0 Å². The van der Waals surface area contributed by atoms with E-state index in [0.29, 0.717) is 0 Å². The Morgan fingerprint density at radius 2 is 2.10 bits per heavy atom. The molecule has 0 amide bonds. The van der Waals surface area contributed by atoms with Gasteiger partial charge in [-0.25, -0.2) is 4.98 Å². The second-order valence-electron chi connectivity index (χ2n) is 5.63. The van der Waals surface area contributed by atoms with Crippen LogP contribution in [0.1, 0.15) is 23.2 Å². The molecule has 106 valence electrons. The highest BCUT2D eigenvalue weighted by Crippen LogP contribution is 2.20. The van der Waals surface area contributed by atoms with Crippen molar-refractivity contribution in [3.05, 3.63) is 53.3 Å². The number of anilines is 1. The summed E-state index contributed by atoms with van der Waals surface area (Å²) in [5.41, 5.74) is 4.94. The van der Waals surface area contributed by atoms with Gasteiger partial charge in [-0.2, -0.15) is 5.10 Å². The molecule has 0 fully saturated rings. The summed E-state index contributed by atoms with van der Waals surface area (Å²) in [7, 11) is 0. The van der Waals surface area contributed by atoms with E-state index in [1.165, 1.54) is 22.9 Å². The van der Waals surface area contributed by atoms with Gasteiger partial charge in [0.05, 0.1) is 11.7 Å². The van der Waals surface area contributed by atoms with Crippen LogP contribution in [0, 0.1) is 0 Å². The Labute approximate surface area is 123 Å².